The van der Waals surface area contributed by atoms with Gasteiger partial charge in [0.2, 0.25) is 11.0 Å². The molecule has 7 nitrogen and oxygen atoms in total. The van der Waals surface area contributed by atoms with Gasteiger partial charge in [0.25, 0.3) is 5.56 Å². The number of rotatable bonds is 7. The van der Waals surface area contributed by atoms with Crippen LogP contribution in [0.1, 0.15) is 30.1 Å². The lowest BCUT2D eigenvalue weighted by Crippen LogP contribution is -2.26. The Hall–Kier alpha value is -2.17. The predicted molar refractivity (Wildman–Crippen MR) is 122 cm³/mol. The van der Waals surface area contributed by atoms with Crippen molar-refractivity contribution >= 4 is 45.9 Å². The molecule has 2 aromatic heterocycles. The number of aromatic nitrogens is 4. The molecule has 1 amide bonds. The standard InChI is InChI=1S/C20H21N5O2S3/c1-3-16-23-24-19(30-16)22-15(26)11-28-20-21-14-9-12(2)29-17(14)18(27)25(20)10-13-7-5-4-6-8-13/h4-8,12H,3,9-11H2,1-2H3,(H,22,24,26)/t12-/m0/s1. The predicted octanol–water partition coefficient (Wildman–Crippen LogP) is 3.47. The average Bonchev–Trinajstić information content (AvgIpc) is 3.35. The summed E-state index contributed by atoms with van der Waals surface area (Å²) < 4.78 is 1.68. The van der Waals surface area contributed by atoms with Gasteiger partial charge in [-0.2, -0.15) is 0 Å². The number of benzene rings is 1. The molecule has 10 heteroatoms. The van der Waals surface area contributed by atoms with Crippen molar-refractivity contribution in [3.63, 3.8) is 0 Å². The zero-order chi connectivity index (χ0) is 21.1. The van der Waals surface area contributed by atoms with Gasteiger partial charge >= 0.3 is 0 Å². The van der Waals surface area contributed by atoms with E-state index < -0.39 is 0 Å². The molecule has 0 unspecified atom stereocenters. The molecule has 1 aliphatic rings. The van der Waals surface area contributed by atoms with Crippen LogP contribution in [0.15, 0.2) is 45.2 Å². The molecule has 0 radical (unpaired) electrons. The molecule has 3 heterocycles. The van der Waals surface area contributed by atoms with Crippen LogP contribution < -0.4 is 10.9 Å². The first-order valence-corrected chi connectivity index (χ1v) is 12.3. The first kappa shape index (κ1) is 21.1. The van der Waals surface area contributed by atoms with E-state index in [0.717, 1.165) is 34.0 Å². The Bertz CT molecular complexity index is 1110. The lowest BCUT2D eigenvalue weighted by Gasteiger charge is -2.13. The summed E-state index contributed by atoms with van der Waals surface area (Å²) in [5.41, 5.74) is 1.82. The number of carbonyl (C=O) groups is 1. The summed E-state index contributed by atoms with van der Waals surface area (Å²) in [6.45, 7) is 4.52. The summed E-state index contributed by atoms with van der Waals surface area (Å²) in [6.07, 6.45) is 1.55. The average molecular weight is 460 g/mol. The molecule has 0 fully saturated rings. The summed E-state index contributed by atoms with van der Waals surface area (Å²) in [5.74, 6) is -0.0495. The topological polar surface area (TPSA) is 89.8 Å². The fourth-order valence-electron chi connectivity index (χ4n) is 3.08. The normalized spacial score (nSPS) is 15.2. The van der Waals surface area contributed by atoms with Crippen molar-refractivity contribution in [2.45, 2.75) is 48.5 Å². The fraction of sp³-hybridized carbons (Fsp3) is 0.350. The number of aryl methyl sites for hydroxylation is 1. The molecular weight excluding hydrogens is 438 g/mol. The van der Waals surface area contributed by atoms with Crippen LogP contribution in [-0.4, -0.2) is 36.7 Å². The lowest BCUT2D eigenvalue weighted by molar-refractivity contribution is -0.113. The number of anilines is 1. The summed E-state index contributed by atoms with van der Waals surface area (Å²) in [6, 6.07) is 9.81. The van der Waals surface area contributed by atoms with Crippen LogP contribution in [0.3, 0.4) is 0 Å². The Labute approximate surface area is 186 Å². The number of amides is 1. The van der Waals surface area contributed by atoms with Crippen molar-refractivity contribution in [3.8, 4) is 0 Å². The number of thioether (sulfide) groups is 2. The number of fused-ring (bicyclic) bond motifs is 1. The quantitative estimate of drug-likeness (QED) is 0.427. The number of nitrogens with one attached hydrogen (secondary N) is 1. The third kappa shape index (κ3) is 4.76. The van der Waals surface area contributed by atoms with E-state index in [1.54, 1.807) is 16.3 Å². The van der Waals surface area contributed by atoms with Crippen LogP contribution in [0.25, 0.3) is 0 Å². The lowest BCUT2D eigenvalue weighted by atomic mass is 10.2. The maximum absolute atomic E-state index is 13.2. The van der Waals surface area contributed by atoms with Crippen LogP contribution in [0.4, 0.5) is 5.13 Å². The third-order valence-corrected chi connectivity index (χ3v) is 7.67. The molecule has 0 saturated carbocycles. The first-order valence-electron chi connectivity index (χ1n) is 9.62. The van der Waals surface area contributed by atoms with Gasteiger partial charge in [-0.3, -0.25) is 19.5 Å². The van der Waals surface area contributed by atoms with Gasteiger partial charge in [0, 0.05) is 11.7 Å². The Morgan fingerprint density at radius 2 is 2.10 bits per heavy atom. The molecular formula is C20H21N5O2S3. The number of nitrogens with zero attached hydrogens (tertiary/aromatic N) is 4. The SMILES string of the molecule is CCc1nnc(NC(=O)CSc2nc3c(c(=O)n2Cc2ccccc2)S[C@@H](C)C3)s1. The molecule has 1 aromatic carbocycles. The van der Waals surface area contributed by atoms with E-state index in [1.165, 1.54) is 23.1 Å². The molecule has 0 saturated heterocycles. The summed E-state index contributed by atoms with van der Waals surface area (Å²) >= 11 is 4.23. The molecule has 1 atom stereocenters. The van der Waals surface area contributed by atoms with Crippen LogP contribution in [0.5, 0.6) is 0 Å². The van der Waals surface area contributed by atoms with E-state index >= 15 is 0 Å². The van der Waals surface area contributed by atoms with Gasteiger partial charge in [0.1, 0.15) is 5.01 Å². The number of carbonyl (C=O) groups excluding carboxylic acids is 1. The van der Waals surface area contributed by atoms with Gasteiger partial charge in [0.15, 0.2) is 5.16 Å². The van der Waals surface area contributed by atoms with Crippen molar-refractivity contribution < 1.29 is 4.79 Å². The zero-order valence-corrected chi connectivity index (χ0v) is 19.1. The Balaban J connectivity index is 1.55. The highest BCUT2D eigenvalue weighted by Gasteiger charge is 2.26. The molecule has 1 aliphatic heterocycles. The zero-order valence-electron chi connectivity index (χ0n) is 16.6. The van der Waals surface area contributed by atoms with Crippen molar-refractivity contribution in [1.29, 1.82) is 0 Å². The maximum atomic E-state index is 13.2. The Morgan fingerprint density at radius 3 is 2.83 bits per heavy atom. The van der Waals surface area contributed by atoms with Gasteiger partial charge in [-0.25, -0.2) is 4.98 Å². The Kier molecular flexibility index (Phi) is 6.55. The summed E-state index contributed by atoms with van der Waals surface area (Å²) in [7, 11) is 0. The second kappa shape index (κ2) is 9.32. The van der Waals surface area contributed by atoms with Crippen LogP contribution in [0.2, 0.25) is 0 Å². The minimum Gasteiger partial charge on any atom is -0.300 e. The first-order chi connectivity index (χ1) is 14.5. The largest absolute Gasteiger partial charge is 0.300 e. The maximum Gasteiger partial charge on any atom is 0.268 e. The molecule has 156 valence electrons. The smallest absolute Gasteiger partial charge is 0.268 e. The second-order valence-electron chi connectivity index (χ2n) is 6.87. The van der Waals surface area contributed by atoms with Crippen molar-refractivity contribution in [2.24, 2.45) is 0 Å². The number of hydrogen-bond donors (Lipinski definition) is 1. The monoisotopic (exact) mass is 459 g/mol. The Morgan fingerprint density at radius 1 is 1.30 bits per heavy atom. The third-order valence-electron chi connectivity index (χ3n) is 4.49. The minimum atomic E-state index is -0.192. The fourth-order valence-corrected chi connectivity index (χ4v) is 5.71. The van der Waals surface area contributed by atoms with Crippen LogP contribution >= 0.6 is 34.9 Å². The molecule has 4 rings (SSSR count). The van der Waals surface area contributed by atoms with E-state index in [4.69, 9.17) is 4.98 Å². The number of hydrogen-bond acceptors (Lipinski definition) is 8. The van der Waals surface area contributed by atoms with Crippen molar-refractivity contribution in [1.82, 2.24) is 19.7 Å². The van der Waals surface area contributed by atoms with E-state index in [9.17, 15) is 9.59 Å². The van der Waals surface area contributed by atoms with Crippen molar-refractivity contribution in [3.05, 3.63) is 57.0 Å². The van der Waals surface area contributed by atoms with Gasteiger partial charge in [-0.05, 0) is 12.0 Å². The van der Waals surface area contributed by atoms with Gasteiger partial charge < -0.3 is 0 Å². The van der Waals surface area contributed by atoms with Gasteiger partial charge in [-0.1, -0.05) is 67.3 Å². The van der Waals surface area contributed by atoms with Crippen LogP contribution in [0, 0.1) is 0 Å². The molecule has 1 N–H and O–H groups in total. The second-order valence-corrected chi connectivity index (χ2v) is 10.3. The van der Waals surface area contributed by atoms with Gasteiger partial charge in [0.05, 0.1) is 22.9 Å². The molecule has 3 aromatic rings. The molecule has 30 heavy (non-hydrogen) atoms. The summed E-state index contributed by atoms with van der Waals surface area (Å²) in [5, 5.41) is 13.0. The summed E-state index contributed by atoms with van der Waals surface area (Å²) in [4.78, 5) is 31.1. The molecule has 0 aliphatic carbocycles. The highest BCUT2D eigenvalue weighted by atomic mass is 32.2. The van der Waals surface area contributed by atoms with E-state index in [-0.39, 0.29) is 17.2 Å². The molecule has 0 spiro atoms. The minimum absolute atomic E-state index is 0.0298. The van der Waals surface area contributed by atoms with Crippen LogP contribution in [-0.2, 0) is 24.2 Å². The van der Waals surface area contributed by atoms with E-state index in [0.29, 0.717) is 22.1 Å². The highest BCUT2D eigenvalue weighted by molar-refractivity contribution is 8.00. The van der Waals surface area contributed by atoms with E-state index in [2.05, 4.69) is 22.4 Å². The highest BCUT2D eigenvalue weighted by Crippen LogP contribution is 2.34. The van der Waals surface area contributed by atoms with E-state index in [1.807, 2.05) is 37.3 Å². The van der Waals surface area contributed by atoms with Crippen molar-refractivity contribution in [2.75, 3.05) is 11.1 Å². The van der Waals surface area contributed by atoms with Gasteiger partial charge in [-0.15, -0.1) is 22.0 Å². The molecule has 0 bridgehead atoms.